The number of fused-ring (bicyclic) bond motifs is 2. The normalized spacial score (nSPS) is 21.2. The monoisotopic (exact) mass is 370 g/mol. The first kappa shape index (κ1) is 16.2. The third kappa shape index (κ3) is 3.24. The highest BCUT2D eigenvalue weighted by Crippen LogP contribution is 2.41. The molecule has 0 radical (unpaired) electrons. The van der Waals surface area contributed by atoms with Crippen LogP contribution in [0.25, 0.3) is 17.2 Å². The molecule has 1 aliphatic heterocycles. The molecule has 4 heteroatoms. The standard InChI is InChI=1S/C23H18N2OS/c1-2-8-16(9-3-1)27-23-17-10-4-5-11-18(17)24-20(23)14-15-22-25-19-12-6-7-13-21(19)26-22/h1-15,17-18,24H. The number of nitrogens with zero attached hydrogens (tertiary/aromatic N) is 1. The van der Waals surface area contributed by atoms with Crippen molar-refractivity contribution in [2.75, 3.05) is 0 Å². The number of benzene rings is 2. The molecule has 0 spiro atoms. The van der Waals surface area contributed by atoms with E-state index in [1.165, 1.54) is 9.80 Å². The van der Waals surface area contributed by atoms with E-state index in [-0.39, 0.29) is 0 Å². The number of aromatic nitrogens is 1. The zero-order valence-electron chi connectivity index (χ0n) is 14.6. The topological polar surface area (TPSA) is 38.1 Å². The fourth-order valence-corrected chi connectivity index (χ4v) is 4.56. The number of rotatable bonds is 4. The molecule has 0 saturated carbocycles. The molecule has 0 amide bonds. The predicted molar refractivity (Wildman–Crippen MR) is 111 cm³/mol. The van der Waals surface area contributed by atoms with Gasteiger partial charge in [-0.3, -0.25) is 0 Å². The minimum atomic E-state index is 0.296. The molecule has 5 rings (SSSR count). The van der Waals surface area contributed by atoms with E-state index in [2.05, 4.69) is 64.9 Å². The fraction of sp³-hybridized carbons (Fsp3) is 0.0870. The van der Waals surface area contributed by atoms with Crippen LogP contribution in [-0.4, -0.2) is 11.0 Å². The Morgan fingerprint density at radius 2 is 1.74 bits per heavy atom. The van der Waals surface area contributed by atoms with E-state index in [9.17, 15) is 0 Å². The molecule has 1 aliphatic carbocycles. The second-order valence-corrected chi connectivity index (χ2v) is 7.63. The Morgan fingerprint density at radius 1 is 0.926 bits per heavy atom. The lowest BCUT2D eigenvalue weighted by molar-refractivity contribution is 0.589. The molecule has 0 saturated heterocycles. The summed E-state index contributed by atoms with van der Waals surface area (Å²) in [4.78, 5) is 7.09. The predicted octanol–water partition coefficient (Wildman–Crippen LogP) is 5.56. The molecule has 0 fully saturated rings. The SMILES string of the molecule is C1=CC2NC(C=Cc3nc4ccccc4o3)=C(Sc3ccccc3)C2C=C1. The second kappa shape index (κ2) is 6.97. The first-order chi connectivity index (χ1) is 13.4. The maximum absolute atomic E-state index is 5.82. The van der Waals surface area contributed by atoms with Crippen molar-refractivity contribution in [1.29, 1.82) is 0 Å². The summed E-state index contributed by atoms with van der Waals surface area (Å²) in [7, 11) is 0. The Kier molecular flexibility index (Phi) is 4.18. The van der Waals surface area contributed by atoms with Crippen LogP contribution in [0, 0.1) is 5.92 Å². The molecule has 132 valence electrons. The van der Waals surface area contributed by atoms with Gasteiger partial charge in [0.15, 0.2) is 5.58 Å². The van der Waals surface area contributed by atoms with Gasteiger partial charge in [0.25, 0.3) is 0 Å². The zero-order chi connectivity index (χ0) is 18.1. The zero-order valence-corrected chi connectivity index (χ0v) is 15.4. The molecule has 27 heavy (non-hydrogen) atoms. The van der Waals surface area contributed by atoms with Crippen LogP contribution in [0.2, 0.25) is 0 Å². The third-order valence-corrected chi connectivity index (χ3v) is 5.92. The number of hydrogen-bond acceptors (Lipinski definition) is 4. The van der Waals surface area contributed by atoms with E-state index in [0.717, 1.165) is 16.8 Å². The Balaban J connectivity index is 1.48. The van der Waals surface area contributed by atoms with Gasteiger partial charge in [0, 0.05) is 27.5 Å². The largest absolute Gasteiger partial charge is 0.437 e. The third-order valence-electron chi connectivity index (χ3n) is 4.70. The Labute approximate surface area is 162 Å². The van der Waals surface area contributed by atoms with Crippen molar-refractivity contribution < 1.29 is 4.42 Å². The van der Waals surface area contributed by atoms with Crippen LogP contribution in [0.15, 0.2) is 105 Å². The lowest BCUT2D eigenvalue weighted by atomic mass is 9.97. The van der Waals surface area contributed by atoms with Gasteiger partial charge < -0.3 is 9.73 Å². The van der Waals surface area contributed by atoms with Gasteiger partial charge in [-0.2, -0.15) is 0 Å². The van der Waals surface area contributed by atoms with Crippen LogP contribution in [0.3, 0.4) is 0 Å². The average Bonchev–Trinajstić information content (AvgIpc) is 3.28. The van der Waals surface area contributed by atoms with Crippen LogP contribution in [-0.2, 0) is 0 Å². The van der Waals surface area contributed by atoms with Crippen molar-refractivity contribution in [2.45, 2.75) is 10.9 Å². The Bertz CT molecular complexity index is 1060. The molecular weight excluding hydrogens is 352 g/mol. The first-order valence-electron chi connectivity index (χ1n) is 8.99. The molecule has 3 nitrogen and oxygen atoms in total. The lowest BCUT2D eigenvalue weighted by Crippen LogP contribution is -2.26. The number of nitrogens with one attached hydrogen (secondary N) is 1. The molecule has 2 unspecified atom stereocenters. The van der Waals surface area contributed by atoms with Crippen LogP contribution in [0.4, 0.5) is 0 Å². The Morgan fingerprint density at radius 3 is 2.63 bits per heavy atom. The van der Waals surface area contributed by atoms with E-state index >= 15 is 0 Å². The molecule has 2 aromatic carbocycles. The highest BCUT2D eigenvalue weighted by molar-refractivity contribution is 8.03. The summed E-state index contributed by atoms with van der Waals surface area (Å²) in [5.74, 6) is 0.971. The summed E-state index contributed by atoms with van der Waals surface area (Å²) in [6.45, 7) is 0. The highest BCUT2D eigenvalue weighted by Gasteiger charge is 2.31. The fourth-order valence-electron chi connectivity index (χ4n) is 3.41. The van der Waals surface area contributed by atoms with E-state index in [1.807, 2.05) is 48.2 Å². The molecule has 1 N–H and O–H groups in total. The minimum Gasteiger partial charge on any atom is -0.437 e. The van der Waals surface area contributed by atoms with E-state index in [1.54, 1.807) is 0 Å². The van der Waals surface area contributed by atoms with Crippen LogP contribution in [0.5, 0.6) is 0 Å². The molecular formula is C23H18N2OS. The first-order valence-corrected chi connectivity index (χ1v) is 9.81. The quantitative estimate of drug-likeness (QED) is 0.652. The summed E-state index contributed by atoms with van der Waals surface area (Å²) in [6.07, 6.45) is 12.7. The van der Waals surface area contributed by atoms with Crippen LogP contribution < -0.4 is 5.32 Å². The van der Waals surface area contributed by atoms with Crippen molar-refractivity contribution >= 4 is 28.9 Å². The van der Waals surface area contributed by atoms with Gasteiger partial charge in [0.2, 0.25) is 5.89 Å². The molecule has 0 bridgehead atoms. The second-order valence-electron chi connectivity index (χ2n) is 6.51. The van der Waals surface area contributed by atoms with Gasteiger partial charge in [-0.15, -0.1) is 0 Å². The molecule has 3 aromatic rings. The number of para-hydroxylation sites is 2. The molecule has 1 aromatic heterocycles. The molecule has 2 atom stereocenters. The van der Waals surface area contributed by atoms with Gasteiger partial charge in [0.05, 0.1) is 6.04 Å². The van der Waals surface area contributed by atoms with Crippen molar-refractivity contribution in [3.05, 3.63) is 101 Å². The average molecular weight is 370 g/mol. The number of allylic oxidation sites excluding steroid dienone is 3. The van der Waals surface area contributed by atoms with E-state index in [4.69, 9.17) is 4.42 Å². The number of thioether (sulfide) groups is 1. The summed E-state index contributed by atoms with van der Waals surface area (Å²) in [5.41, 5.74) is 2.81. The maximum Gasteiger partial charge on any atom is 0.220 e. The highest BCUT2D eigenvalue weighted by atomic mass is 32.2. The van der Waals surface area contributed by atoms with Gasteiger partial charge in [-0.05, 0) is 30.3 Å². The molecule has 2 heterocycles. The van der Waals surface area contributed by atoms with Gasteiger partial charge in [-0.25, -0.2) is 4.98 Å². The smallest absolute Gasteiger partial charge is 0.220 e. The lowest BCUT2D eigenvalue weighted by Gasteiger charge is -2.18. The molecule has 2 aliphatic rings. The number of oxazole rings is 1. The number of hydrogen-bond donors (Lipinski definition) is 1. The Hall–Kier alpha value is -2.98. The van der Waals surface area contributed by atoms with Crippen LogP contribution >= 0.6 is 11.8 Å². The summed E-state index contributed by atoms with van der Waals surface area (Å²) < 4.78 is 5.82. The van der Waals surface area contributed by atoms with Gasteiger partial charge in [0.1, 0.15) is 5.52 Å². The van der Waals surface area contributed by atoms with E-state index < -0.39 is 0 Å². The van der Waals surface area contributed by atoms with Crippen molar-refractivity contribution in [2.24, 2.45) is 5.92 Å². The van der Waals surface area contributed by atoms with Crippen molar-refractivity contribution in [1.82, 2.24) is 10.3 Å². The van der Waals surface area contributed by atoms with Crippen molar-refractivity contribution in [3.63, 3.8) is 0 Å². The van der Waals surface area contributed by atoms with Crippen molar-refractivity contribution in [3.8, 4) is 0 Å². The maximum atomic E-state index is 5.82. The van der Waals surface area contributed by atoms with Gasteiger partial charge >= 0.3 is 0 Å². The van der Waals surface area contributed by atoms with Gasteiger partial charge in [-0.1, -0.05) is 66.4 Å². The van der Waals surface area contributed by atoms with Crippen LogP contribution in [0.1, 0.15) is 5.89 Å². The minimum absolute atomic E-state index is 0.296. The van der Waals surface area contributed by atoms with E-state index in [0.29, 0.717) is 17.9 Å². The summed E-state index contributed by atoms with van der Waals surface area (Å²) in [6, 6.07) is 18.6. The summed E-state index contributed by atoms with van der Waals surface area (Å²) in [5, 5.41) is 3.63. The summed E-state index contributed by atoms with van der Waals surface area (Å²) >= 11 is 1.81.